The molecule has 12 rings (SSSR count). The summed E-state index contributed by atoms with van der Waals surface area (Å²) in [5.41, 5.74) is 13.0. The number of thiophene rings is 1. The van der Waals surface area contributed by atoms with Crippen LogP contribution in [-0.2, 0) is 0 Å². The highest BCUT2D eigenvalue weighted by Crippen LogP contribution is 2.42. The van der Waals surface area contributed by atoms with E-state index in [2.05, 4.69) is 205 Å². The average molecular weight is 809 g/mol. The molecule has 0 fully saturated rings. The summed E-state index contributed by atoms with van der Waals surface area (Å²) in [5.74, 6) is 1.86. The van der Waals surface area contributed by atoms with Crippen molar-refractivity contribution < 1.29 is 0 Å². The first-order chi connectivity index (χ1) is 30.7. The second-order valence-electron chi connectivity index (χ2n) is 15.6. The molecule has 0 unspecified atom stereocenters. The van der Waals surface area contributed by atoms with E-state index in [1.54, 1.807) is 0 Å². The van der Waals surface area contributed by atoms with Gasteiger partial charge in [0.15, 0.2) is 17.5 Å². The Bertz CT molecular complexity index is 3630. The first-order valence-corrected chi connectivity index (χ1v) is 21.7. The molecule has 0 saturated carbocycles. The fourth-order valence-corrected chi connectivity index (χ4v) is 10.1. The van der Waals surface area contributed by atoms with Crippen LogP contribution in [0.3, 0.4) is 0 Å². The number of rotatable bonds is 7. The molecule has 5 heteroatoms. The maximum absolute atomic E-state index is 5.30. The second-order valence-corrected chi connectivity index (χ2v) is 16.6. The normalized spacial score (nSPS) is 11.5. The van der Waals surface area contributed by atoms with Crippen molar-refractivity contribution >= 4 is 53.3 Å². The Labute approximate surface area is 362 Å². The molecule has 3 aromatic heterocycles. The molecule has 3 heterocycles. The van der Waals surface area contributed by atoms with E-state index in [1.165, 1.54) is 47.6 Å². The zero-order valence-corrected chi connectivity index (χ0v) is 34.3. The van der Waals surface area contributed by atoms with Gasteiger partial charge >= 0.3 is 0 Å². The molecule has 290 valence electrons. The van der Waals surface area contributed by atoms with Gasteiger partial charge in [0.05, 0.1) is 16.7 Å². The standard InChI is InChI=1S/C57H36N4S/c1-4-16-37(17-5-1)40-31-33-51-49(35-40)46-24-10-12-28-50(46)61(51)52-36-43(30-32-44(52)38-18-6-2-7-19-38)57-59-55(39-20-8-3-9-21-39)58-56(60-57)42-23-14-22-41(34-42)45-26-15-27-48-47-25-11-13-29-53(47)62-54(45)48/h1-36H. The minimum Gasteiger partial charge on any atom is -0.309 e. The van der Waals surface area contributed by atoms with E-state index >= 15 is 0 Å². The number of aromatic nitrogens is 4. The first kappa shape index (κ1) is 35.9. The fourth-order valence-electron chi connectivity index (χ4n) is 8.91. The van der Waals surface area contributed by atoms with Gasteiger partial charge in [-0.3, -0.25) is 0 Å². The van der Waals surface area contributed by atoms with Crippen LogP contribution in [-0.4, -0.2) is 19.5 Å². The van der Waals surface area contributed by atoms with Crippen LogP contribution in [0.4, 0.5) is 0 Å². The quantitative estimate of drug-likeness (QED) is 0.161. The van der Waals surface area contributed by atoms with Crippen LogP contribution in [0, 0.1) is 0 Å². The summed E-state index contributed by atoms with van der Waals surface area (Å²) < 4.78 is 4.97. The van der Waals surface area contributed by atoms with Gasteiger partial charge in [-0.1, -0.05) is 182 Å². The van der Waals surface area contributed by atoms with Gasteiger partial charge in [0, 0.05) is 53.2 Å². The lowest BCUT2D eigenvalue weighted by molar-refractivity contribution is 1.07. The van der Waals surface area contributed by atoms with Crippen LogP contribution in [0.2, 0.25) is 0 Å². The highest BCUT2D eigenvalue weighted by Gasteiger charge is 2.20. The Morgan fingerprint density at radius 1 is 0.306 bits per heavy atom. The van der Waals surface area contributed by atoms with Crippen LogP contribution in [0.1, 0.15) is 0 Å². The van der Waals surface area contributed by atoms with Gasteiger partial charge in [0.25, 0.3) is 0 Å². The van der Waals surface area contributed by atoms with Crippen molar-refractivity contribution in [1.29, 1.82) is 0 Å². The van der Waals surface area contributed by atoms with Crippen molar-refractivity contribution in [2.24, 2.45) is 0 Å². The number of hydrogen-bond donors (Lipinski definition) is 0. The van der Waals surface area contributed by atoms with E-state index in [4.69, 9.17) is 15.0 Å². The summed E-state index contributed by atoms with van der Waals surface area (Å²) in [6.45, 7) is 0. The summed E-state index contributed by atoms with van der Waals surface area (Å²) in [4.78, 5) is 15.7. The lowest BCUT2D eigenvalue weighted by Gasteiger charge is -2.16. The Morgan fingerprint density at radius 3 is 1.63 bits per heavy atom. The van der Waals surface area contributed by atoms with Crippen molar-refractivity contribution in [3.8, 4) is 73.2 Å². The third-order valence-corrected chi connectivity index (χ3v) is 13.1. The van der Waals surface area contributed by atoms with Crippen LogP contribution in [0.25, 0.3) is 115 Å². The topological polar surface area (TPSA) is 43.6 Å². The Balaban J connectivity index is 1.06. The molecular weight excluding hydrogens is 773 g/mol. The molecule has 0 N–H and O–H groups in total. The maximum Gasteiger partial charge on any atom is 0.164 e. The zero-order valence-electron chi connectivity index (χ0n) is 33.5. The van der Waals surface area contributed by atoms with Crippen LogP contribution >= 0.6 is 11.3 Å². The largest absolute Gasteiger partial charge is 0.309 e. The van der Waals surface area contributed by atoms with E-state index in [-0.39, 0.29) is 0 Å². The summed E-state index contributed by atoms with van der Waals surface area (Å²) in [6.07, 6.45) is 0. The van der Waals surface area contributed by atoms with Gasteiger partial charge in [0.2, 0.25) is 0 Å². The molecule has 9 aromatic carbocycles. The fraction of sp³-hybridized carbons (Fsp3) is 0. The zero-order chi connectivity index (χ0) is 41.0. The van der Waals surface area contributed by atoms with Gasteiger partial charge in [-0.2, -0.15) is 0 Å². The van der Waals surface area contributed by atoms with Crippen LogP contribution in [0.5, 0.6) is 0 Å². The number of para-hydroxylation sites is 1. The van der Waals surface area contributed by atoms with Crippen LogP contribution in [0.15, 0.2) is 218 Å². The Kier molecular flexibility index (Phi) is 8.65. The van der Waals surface area contributed by atoms with E-state index in [9.17, 15) is 0 Å². The summed E-state index contributed by atoms with van der Waals surface area (Å²) in [6, 6.07) is 77.5. The molecular formula is C57H36N4S. The van der Waals surface area contributed by atoms with Gasteiger partial charge in [-0.25, -0.2) is 15.0 Å². The smallest absolute Gasteiger partial charge is 0.164 e. The van der Waals surface area contributed by atoms with Gasteiger partial charge in [-0.15, -0.1) is 11.3 Å². The predicted molar refractivity (Wildman–Crippen MR) is 260 cm³/mol. The molecule has 0 amide bonds. The lowest BCUT2D eigenvalue weighted by atomic mass is 10.00. The first-order valence-electron chi connectivity index (χ1n) is 20.8. The molecule has 4 nitrogen and oxygen atoms in total. The maximum atomic E-state index is 5.30. The lowest BCUT2D eigenvalue weighted by Crippen LogP contribution is -2.02. The third-order valence-electron chi connectivity index (χ3n) is 11.9. The molecule has 62 heavy (non-hydrogen) atoms. The highest BCUT2D eigenvalue weighted by atomic mass is 32.1. The summed E-state index contributed by atoms with van der Waals surface area (Å²) in [7, 11) is 0. The van der Waals surface area contributed by atoms with E-state index in [0.717, 1.165) is 50.1 Å². The van der Waals surface area contributed by atoms with Gasteiger partial charge < -0.3 is 4.57 Å². The minimum atomic E-state index is 0.610. The number of benzene rings is 9. The van der Waals surface area contributed by atoms with Crippen molar-refractivity contribution in [2.45, 2.75) is 0 Å². The molecule has 12 aromatic rings. The van der Waals surface area contributed by atoms with E-state index < -0.39 is 0 Å². The molecule has 0 aliphatic carbocycles. The SMILES string of the molecule is c1ccc(-c2ccc3c(c2)c2ccccc2n3-c2cc(-c3nc(-c4ccccc4)nc(-c4cccc(-c5cccc6c5sc5ccccc56)c4)n3)ccc2-c2ccccc2)cc1. The van der Waals surface area contributed by atoms with E-state index in [0.29, 0.717) is 17.5 Å². The average Bonchev–Trinajstić information content (AvgIpc) is 3.90. The van der Waals surface area contributed by atoms with Crippen molar-refractivity contribution in [3.63, 3.8) is 0 Å². The van der Waals surface area contributed by atoms with Crippen LogP contribution < -0.4 is 0 Å². The monoisotopic (exact) mass is 808 g/mol. The van der Waals surface area contributed by atoms with Gasteiger partial charge in [-0.05, 0) is 64.2 Å². The summed E-state index contributed by atoms with van der Waals surface area (Å²) in [5, 5.41) is 4.96. The van der Waals surface area contributed by atoms with Crippen molar-refractivity contribution in [2.75, 3.05) is 0 Å². The number of fused-ring (bicyclic) bond motifs is 6. The second kappa shape index (κ2) is 14.9. The number of nitrogens with zero attached hydrogens (tertiary/aromatic N) is 4. The minimum absolute atomic E-state index is 0.610. The Hall–Kier alpha value is -7.99. The molecule has 0 saturated heterocycles. The van der Waals surface area contributed by atoms with E-state index in [1.807, 2.05) is 29.5 Å². The molecule has 0 aliphatic rings. The molecule has 0 aliphatic heterocycles. The number of hydrogen-bond acceptors (Lipinski definition) is 4. The molecule has 0 radical (unpaired) electrons. The molecule has 0 atom stereocenters. The molecule has 0 bridgehead atoms. The molecule has 0 spiro atoms. The predicted octanol–water partition coefficient (Wildman–Crippen LogP) is 15.3. The van der Waals surface area contributed by atoms with Gasteiger partial charge in [0.1, 0.15) is 0 Å². The third kappa shape index (κ3) is 6.18. The Morgan fingerprint density at radius 2 is 0.855 bits per heavy atom. The van der Waals surface area contributed by atoms with Crippen molar-refractivity contribution in [3.05, 3.63) is 218 Å². The summed E-state index contributed by atoms with van der Waals surface area (Å²) >= 11 is 1.84. The highest BCUT2D eigenvalue weighted by molar-refractivity contribution is 7.26. The van der Waals surface area contributed by atoms with Crippen molar-refractivity contribution in [1.82, 2.24) is 19.5 Å².